The zero-order valence-corrected chi connectivity index (χ0v) is 23.2. The second-order valence-corrected chi connectivity index (χ2v) is 10.7. The first-order chi connectivity index (χ1) is 17.7. The number of piperidine rings is 2. The molecule has 0 aromatic heterocycles. The Morgan fingerprint density at radius 3 is 1.65 bits per heavy atom. The van der Waals surface area contributed by atoms with Crippen LogP contribution in [0.15, 0.2) is 48.5 Å². The Kier molecular flexibility index (Phi) is 10.7. The van der Waals surface area contributed by atoms with Crippen LogP contribution in [0.2, 0.25) is 0 Å². The van der Waals surface area contributed by atoms with E-state index in [1.54, 1.807) is 6.07 Å². The molecule has 2 aromatic carbocycles. The van der Waals surface area contributed by atoms with Gasteiger partial charge in [0.1, 0.15) is 0 Å². The molecule has 2 aliphatic heterocycles. The Morgan fingerprint density at radius 2 is 1.22 bits per heavy atom. The lowest BCUT2D eigenvalue weighted by Crippen LogP contribution is -2.44. The van der Waals surface area contributed by atoms with Crippen LogP contribution in [0.5, 0.6) is 0 Å². The minimum atomic E-state index is -0.0232. The molecular formula is C30H44N4O3. The van der Waals surface area contributed by atoms with Crippen LogP contribution in [0.25, 0.3) is 0 Å². The summed E-state index contributed by atoms with van der Waals surface area (Å²) < 4.78 is 0. The number of amides is 2. The highest BCUT2D eigenvalue weighted by molar-refractivity contribution is 5.95. The van der Waals surface area contributed by atoms with Crippen molar-refractivity contribution in [3.8, 4) is 0 Å². The molecule has 4 rings (SSSR count). The van der Waals surface area contributed by atoms with E-state index in [2.05, 4.69) is 38.0 Å². The maximum absolute atomic E-state index is 12.5. The molecule has 2 aromatic rings. The second-order valence-electron chi connectivity index (χ2n) is 10.7. The predicted octanol–water partition coefficient (Wildman–Crippen LogP) is 3.51. The van der Waals surface area contributed by atoms with Gasteiger partial charge in [0, 0.05) is 49.4 Å². The number of rotatable bonds is 5. The van der Waals surface area contributed by atoms with Crippen LogP contribution < -0.4 is 0 Å². The number of nitrogens with zero attached hydrogens (tertiary/aromatic N) is 4. The van der Waals surface area contributed by atoms with Crippen molar-refractivity contribution in [1.29, 1.82) is 0 Å². The Hall–Kier alpha value is -2.74. The van der Waals surface area contributed by atoms with Crippen LogP contribution in [0.1, 0.15) is 57.5 Å². The summed E-state index contributed by atoms with van der Waals surface area (Å²) in [6, 6.07) is 16.4. The third-order valence-corrected chi connectivity index (χ3v) is 7.55. The van der Waals surface area contributed by atoms with Gasteiger partial charge in [0.15, 0.2) is 0 Å². The Morgan fingerprint density at radius 1 is 0.757 bits per heavy atom. The van der Waals surface area contributed by atoms with E-state index in [4.69, 9.17) is 0 Å². The fraction of sp³-hybridized carbons (Fsp3) is 0.533. The molecule has 0 spiro atoms. The first-order valence-corrected chi connectivity index (χ1v) is 13.4. The molecule has 0 radical (unpaired) electrons. The van der Waals surface area contributed by atoms with Crippen LogP contribution in [0.4, 0.5) is 0 Å². The summed E-state index contributed by atoms with van der Waals surface area (Å²) in [5.74, 6) is 0.253. The van der Waals surface area contributed by atoms with E-state index in [1.165, 1.54) is 0 Å². The van der Waals surface area contributed by atoms with Crippen molar-refractivity contribution in [3.63, 3.8) is 0 Å². The lowest BCUT2D eigenvalue weighted by molar-refractivity contribution is 0.0656. The molecule has 0 atom stereocenters. The van der Waals surface area contributed by atoms with E-state index in [-0.39, 0.29) is 18.4 Å². The molecule has 2 heterocycles. The lowest BCUT2D eigenvalue weighted by atomic mass is 10.0. The fourth-order valence-electron chi connectivity index (χ4n) is 5.19. The molecule has 1 N–H and O–H groups in total. The van der Waals surface area contributed by atoms with E-state index < -0.39 is 0 Å². The van der Waals surface area contributed by atoms with Crippen molar-refractivity contribution in [2.24, 2.45) is 0 Å². The van der Waals surface area contributed by atoms with Gasteiger partial charge in [-0.15, -0.1) is 0 Å². The Labute approximate surface area is 222 Å². The second kappa shape index (κ2) is 13.7. The van der Waals surface area contributed by atoms with Gasteiger partial charge in [-0.3, -0.25) is 9.59 Å². The van der Waals surface area contributed by atoms with Crippen LogP contribution in [0, 0.1) is 6.92 Å². The van der Waals surface area contributed by atoms with Crippen LogP contribution in [-0.4, -0.2) is 103 Å². The molecule has 0 bridgehead atoms. The fourth-order valence-corrected chi connectivity index (χ4v) is 5.19. The summed E-state index contributed by atoms with van der Waals surface area (Å²) in [5, 5.41) is 9.24. The number of aliphatic hydroxyl groups is 1. The maximum Gasteiger partial charge on any atom is 0.253 e. The average Bonchev–Trinajstić information content (AvgIpc) is 2.92. The van der Waals surface area contributed by atoms with E-state index in [0.29, 0.717) is 17.6 Å². The third-order valence-electron chi connectivity index (χ3n) is 7.55. The zero-order valence-electron chi connectivity index (χ0n) is 23.2. The summed E-state index contributed by atoms with van der Waals surface area (Å²) in [5.41, 5.74) is 3.31. The molecule has 202 valence electrons. The van der Waals surface area contributed by atoms with Crippen molar-refractivity contribution in [1.82, 2.24) is 19.6 Å². The average molecular weight is 509 g/mol. The lowest BCUT2D eigenvalue weighted by Gasteiger charge is -2.35. The molecule has 2 aliphatic rings. The number of hydrogen-bond acceptors (Lipinski definition) is 5. The van der Waals surface area contributed by atoms with Gasteiger partial charge in [-0.25, -0.2) is 0 Å². The summed E-state index contributed by atoms with van der Waals surface area (Å²) in [6.45, 7) is 5.29. The maximum atomic E-state index is 12.5. The molecule has 0 unspecified atom stereocenters. The van der Waals surface area contributed by atoms with E-state index in [0.717, 1.165) is 68.6 Å². The van der Waals surface area contributed by atoms with Gasteiger partial charge in [-0.2, -0.15) is 0 Å². The van der Waals surface area contributed by atoms with Crippen LogP contribution >= 0.6 is 0 Å². The Balaban J connectivity index is 0.000000208. The monoisotopic (exact) mass is 508 g/mol. The molecule has 2 amide bonds. The number of benzene rings is 2. The minimum Gasteiger partial charge on any atom is -0.392 e. The van der Waals surface area contributed by atoms with Gasteiger partial charge in [0.25, 0.3) is 11.8 Å². The molecule has 37 heavy (non-hydrogen) atoms. The van der Waals surface area contributed by atoms with Crippen molar-refractivity contribution in [2.45, 2.75) is 51.3 Å². The molecule has 0 saturated carbocycles. The predicted molar refractivity (Wildman–Crippen MR) is 149 cm³/mol. The number of carbonyl (C=O) groups excluding carboxylic acids is 2. The summed E-state index contributed by atoms with van der Waals surface area (Å²) >= 11 is 0. The third kappa shape index (κ3) is 8.12. The van der Waals surface area contributed by atoms with Crippen molar-refractivity contribution in [3.05, 3.63) is 70.8 Å². The first-order valence-electron chi connectivity index (χ1n) is 13.4. The van der Waals surface area contributed by atoms with Gasteiger partial charge < -0.3 is 24.7 Å². The molecule has 7 heteroatoms. The largest absolute Gasteiger partial charge is 0.392 e. The number of hydrogen-bond donors (Lipinski definition) is 1. The molecule has 2 saturated heterocycles. The van der Waals surface area contributed by atoms with E-state index in [9.17, 15) is 14.7 Å². The van der Waals surface area contributed by atoms with E-state index >= 15 is 0 Å². The van der Waals surface area contributed by atoms with Gasteiger partial charge in [-0.1, -0.05) is 24.3 Å². The molecule has 0 aliphatic carbocycles. The zero-order chi connectivity index (χ0) is 26.9. The van der Waals surface area contributed by atoms with Gasteiger partial charge in [0.05, 0.1) is 6.61 Å². The molecule has 7 nitrogen and oxygen atoms in total. The number of aryl methyl sites for hydroxylation is 1. The highest BCUT2D eigenvalue weighted by atomic mass is 16.3. The summed E-state index contributed by atoms with van der Waals surface area (Å²) in [6.07, 6.45) is 4.20. The smallest absolute Gasteiger partial charge is 0.253 e. The van der Waals surface area contributed by atoms with Crippen molar-refractivity contribution < 1.29 is 14.7 Å². The van der Waals surface area contributed by atoms with Gasteiger partial charge >= 0.3 is 0 Å². The minimum absolute atomic E-state index is 0.0232. The van der Waals surface area contributed by atoms with E-state index in [1.807, 2.05) is 59.2 Å². The van der Waals surface area contributed by atoms with Crippen LogP contribution in [0.3, 0.4) is 0 Å². The van der Waals surface area contributed by atoms with Gasteiger partial charge in [-0.05, 0) is 96.2 Å². The van der Waals surface area contributed by atoms with Crippen LogP contribution in [-0.2, 0) is 6.61 Å². The SMILES string of the molecule is CN(C)C1CCN(C(=O)c2ccccc2)CC1.Cc1cc(CO)cc(C(=O)N2CCC(N(C)C)CC2)c1. The topological polar surface area (TPSA) is 67.3 Å². The number of aliphatic hydroxyl groups excluding tert-OH is 1. The first kappa shape index (κ1) is 28.8. The summed E-state index contributed by atoms with van der Waals surface area (Å²) in [4.78, 5) is 33.1. The highest BCUT2D eigenvalue weighted by Crippen LogP contribution is 2.19. The normalized spacial score (nSPS) is 17.1. The quantitative estimate of drug-likeness (QED) is 0.670. The number of carbonyl (C=O) groups is 2. The number of likely N-dealkylation sites (tertiary alicyclic amines) is 2. The van der Waals surface area contributed by atoms with Gasteiger partial charge in [0.2, 0.25) is 0 Å². The standard InChI is InChI=1S/C16H24N2O2.C14H20N2O/c1-12-8-13(11-19)10-14(9-12)16(20)18-6-4-15(5-7-18)17(2)3;1-15(2)13-8-10-16(11-9-13)14(17)12-6-4-3-5-7-12/h8-10,15,19H,4-7,11H2,1-3H3;3-7,13H,8-11H2,1-2H3. The Bertz CT molecular complexity index is 1010. The molecule has 2 fully saturated rings. The summed E-state index contributed by atoms with van der Waals surface area (Å²) in [7, 11) is 8.41. The van der Waals surface area contributed by atoms with Crippen molar-refractivity contribution in [2.75, 3.05) is 54.4 Å². The van der Waals surface area contributed by atoms with Crippen molar-refractivity contribution >= 4 is 11.8 Å². The highest BCUT2D eigenvalue weighted by Gasteiger charge is 2.25. The molecular weight excluding hydrogens is 464 g/mol.